The third kappa shape index (κ3) is 4.65. The number of aliphatic hydroxyl groups excluding tert-OH is 7. The molecule has 258 valence electrons. The van der Waals surface area contributed by atoms with Gasteiger partial charge in [-0.05, 0) is 97.2 Å². The Hall–Kier alpha value is -0.620. The van der Waals surface area contributed by atoms with Crippen molar-refractivity contribution in [3.8, 4) is 0 Å². The molecule has 1 heterocycles. The van der Waals surface area contributed by atoms with Crippen LogP contribution in [0, 0.1) is 50.2 Å². The van der Waals surface area contributed by atoms with Crippen molar-refractivity contribution in [1.82, 2.24) is 0 Å². The van der Waals surface area contributed by atoms with E-state index in [2.05, 4.69) is 47.6 Å². The highest BCUT2D eigenvalue weighted by Gasteiger charge is 2.70. The molecule has 5 fully saturated rings. The summed E-state index contributed by atoms with van der Waals surface area (Å²) in [6.45, 7) is 13.3. The third-order valence-electron chi connectivity index (χ3n) is 15.4. The third-order valence-corrected chi connectivity index (χ3v) is 15.4. The van der Waals surface area contributed by atoms with Crippen molar-refractivity contribution >= 4 is 0 Å². The molecule has 0 aromatic rings. The predicted octanol–water partition coefficient (Wildman–Crippen LogP) is 2.91. The monoisotopic (exact) mass is 636 g/mol. The molecule has 0 bridgehead atoms. The van der Waals surface area contributed by atoms with Gasteiger partial charge in [0, 0.05) is 10.8 Å². The number of rotatable bonds is 5. The van der Waals surface area contributed by atoms with Crippen molar-refractivity contribution in [3.63, 3.8) is 0 Å². The van der Waals surface area contributed by atoms with Crippen LogP contribution in [0.4, 0.5) is 0 Å². The van der Waals surface area contributed by atoms with Crippen LogP contribution in [0.2, 0.25) is 0 Å². The predicted molar refractivity (Wildman–Crippen MR) is 168 cm³/mol. The second kappa shape index (κ2) is 11.2. The van der Waals surface area contributed by atoms with Crippen LogP contribution in [-0.2, 0) is 9.47 Å². The van der Waals surface area contributed by atoms with E-state index >= 15 is 0 Å². The molecule has 9 heteroatoms. The lowest BCUT2D eigenvalue weighted by atomic mass is 9.33. The van der Waals surface area contributed by atoms with Gasteiger partial charge in [-0.2, -0.15) is 0 Å². The molecular weight excluding hydrogens is 576 g/mol. The minimum absolute atomic E-state index is 0.0208. The lowest BCUT2D eigenvalue weighted by Gasteiger charge is -2.72. The SMILES string of the molecule is CC1(C)CC[C@]2(CO)C(O)C[C@]3(C)C(=CC[C@@H]4[C@@]5(C)CCC(O[C@@H]6O[C@H](CO)[C@H](O)[C@H](O)[C@H]6O)[C@@](C)(CO)[C@@H]5CC[C@]43C)[C@@H]2C1. The number of fused-ring (bicyclic) bond motifs is 7. The van der Waals surface area contributed by atoms with Crippen molar-refractivity contribution in [2.75, 3.05) is 19.8 Å². The molecule has 0 spiro atoms. The Kier molecular flexibility index (Phi) is 8.53. The quantitative estimate of drug-likeness (QED) is 0.178. The molecule has 0 radical (unpaired) electrons. The summed E-state index contributed by atoms with van der Waals surface area (Å²) in [6, 6.07) is 0. The van der Waals surface area contributed by atoms with E-state index in [9.17, 15) is 35.7 Å². The Labute approximate surface area is 269 Å². The van der Waals surface area contributed by atoms with Crippen LogP contribution in [0.1, 0.15) is 99.3 Å². The van der Waals surface area contributed by atoms with Crippen LogP contribution in [0.5, 0.6) is 0 Å². The fourth-order valence-electron chi connectivity index (χ4n) is 12.3. The molecule has 6 rings (SSSR count). The minimum atomic E-state index is -1.51. The molecule has 4 saturated carbocycles. The normalized spacial score (nSPS) is 55.9. The van der Waals surface area contributed by atoms with Crippen molar-refractivity contribution in [2.45, 2.75) is 142 Å². The van der Waals surface area contributed by atoms with Gasteiger partial charge in [-0.3, -0.25) is 0 Å². The lowest BCUT2D eigenvalue weighted by Crippen LogP contribution is -2.68. The Bertz CT molecular complexity index is 1160. The Balaban J connectivity index is 1.32. The van der Waals surface area contributed by atoms with Gasteiger partial charge in [0.15, 0.2) is 6.29 Å². The summed E-state index contributed by atoms with van der Waals surface area (Å²) in [4.78, 5) is 0. The van der Waals surface area contributed by atoms with Gasteiger partial charge >= 0.3 is 0 Å². The number of ether oxygens (including phenoxy) is 2. The van der Waals surface area contributed by atoms with Crippen LogP contribution in [0.25, 0.3) is 0 Å². The molecule has 45 heavy (non-hydrogen) atoms. The maximum absolute atomic E-state index is 11.9. The van der Waals surface area contributed by atoms with Gasteiger partial charge in [0.05, 0.1) is 32.0 Å². The first-order valence-corrected chi connectivity index (χ1v) is 17.5. The largest absolute Gasteiger partial charge is 0.396 e. The minimum Gasteiger partial charge on any atom is -0.396 e. The van der Waals surface area contributed by atoms with E-state index in [0.717, 1.165) is 44.9 Å². The zero-order valence-electron chi connectivity index (χ0n) is 28.3. The zero-order chi connectivity index (χ0) is 33.0. The van der Waals surface area contributed by atoms with Crippen LogP contribution >= 0.6 is 0 Å². The van der Waals surface area contributed by atoms with Crippen LogP contribution in [-0.4, -0.2) is 98.5 Å². The van der Waals surface area contributed by atoms with Crippen molar-refractivity contribution in [3.05, 3.63) is 11.6 Å². The van der Waals surface area contributed by atoms with Crippen LogP contribution in [0.15, 0.2) is 11.6 Å². The number of allylic oxidation sites excluding steroid dienone is 2. The lowest BCUT2D eigenvalue weighted by molar-refractivity contribution is -0.333. The Morgan fingerprint density at radius 2 is 1.51 bits per heavy atom. The first kappa shape index (κ1) is 34.3. The van der Waals surface area contributed by atoms with Gasteiger partial charge in [-0.25, -0.2) is 0 Å². The van der Waals surface area contributed by atoms with Gasteiger partial charge in [-0.1, -0.05) is 53.2 Å². The van der Waals surface area contributed by atoms with E-state index in [-0.39, 0.29) is 46.7 Å². The summed E-state index contributed by atoms with van der Waals surface area (Å²) < 4.78 is 12.1. The van der Waals surface area contributed by atoms with E-state index in [1.165, 1.54) is 5.57 Å². The molecule has 15 atom stereocenters. The second-order valence-electron chi connectivity index (χ2n) is 17.9. The van der Waals surface area contributed by atoms with E-state index in [1.54, 1.807) is 0 Å². The van der Waals surface area contributed by atoms with E-state index in [4.69, 9.17) is 9.47 Å². The average molecular weight is 637 g/mol. The highest BCUT2D eigenvalue weighted by atomic mass is 16.7. The molecule has 1 aliphatic heterocycles. The fourth-order valence-corrected chi connectivity index (χ4v) is 12.3. The number of hydrogen-bond acceptors (Lipinski definition) is 9. The highest BCUT2D eigenvalue weighted by Crippen LogP contribution is 2.75. The molecule has 0 aromatic carbocycles. The molecule has 5 aliphatic carbocycles. The first-order chi connectivity index (χ1) is 21.0. The van der Waals surface area contributed by atoms with Gasteiger partial charge < -0.3 is 45.2 Å². The average Bonchev–Trinajstić information content (AvgIpc) is 2.99. The number of aliphatic hydroxyl groups is 7. The first-order valence-electron chi connectivity index (χ1n) is 17.5. The van der Waals surface area contributed by atoms with Crippen molar-refractivity contribution in [2.24, 2.45) is 50.2 Å². The molecule has 7 N–H and O–H groups in total. The summed E-state index contributed by atoms with van der Waals surface area (Å²) in [5.74, 6) is 0.601. The van der Waals surface area contributed by atoms with Crippen LogP contribution in [0.3, 0.4) is 0 Å². The maximum atomic E-state index is 11.9. The molecule has 0 amide bonds. The smallest absolute Gasteiger partial charge is 0.186 e. The van der Waals surface area contributed by atoms with Gasteiger partial charge in [0.1, 0.15) is 24.4 Å². The summed E-state index contributed by atoms with van der Waals surface area (Å²) in [7, 11) is 0. The van der Waals surface area contributed by atoms with E-state index < -0.39 is 60.4 Å². The van der Waals surface area contributed by atoms with Gasteiger partial charge in [0.25, 0.3) is 0 Å². The summed E-state index contributed by atoms with van der Waals surface area (Å²) in [5, 5.41) is 74.8. The Morgan fingerprint density at radius 1 is 0.800 bits per heavy atom. The standard InChI is InChI=1S/C36H60O9/c1-31(2)13-14-36(19-39)21(15-31)20-7-8-24-32(3)11-10-26(45-30-29(43)28(42)27(41)22(17-37)44-30)33(4,18-38)23(32)9-12-34(24,5)35(20,6)16-25(36)40/h7,21-30,37-43H,8-19H2,1-6H3/t21-,22+,23+,24+,25?,26?,27-,28-,29+,30-,32-,33-,34+,35+,36+/m0/s1. The summed E-state index contributed by atoms with van der Waals surface area (Å²) >= 11 is 0. The summed E-state index contributed by atoms with van der Waals surface area (Å²) in [5.41, 5.74) is 0.0933. The van der Waals surface area contributed by atoms with Crippen molar-refractivity contribution < 1.29 is 45.2 Å². The molecule has 2 unspecified atom stereocenters. The molecule has 1 saturated heterocycles. The van der Waals surface area contributed by atoms with E-state index in [1.807, 2.05) is 0 Å². The Morgan fingerprint density at radius 3 is 2.16 bits per heavy atom. The molecular formula is C36H60O9. The van der Waals surface area contributed by atoms with E-state index in [0.29, 0.717) is 18.8 Å². The summed E-state index contributed by atoms with van der Waals surface area (Å²) in [6.07, 6.45) is 2.50. The van der Waals surface area contributed by atoms with Crippen molar-refractivity contribution in [1.29, 1.82) is 0 Å². The number of hydrogen-bond donors (Lipinski definition) is 7. The zero-order valence-corrected chi connectivity index (χ0v) is 28.3. The fraction of sp³-hybridized carbons (Fsp3) is 0.944. The maximum Gasteiger partial charge on any atom is 0.186 e. The topological polar surface area (TPSA) is 160 Å². The highest BCUT2D eigenvalue weighted by molar-refractivity contribution is 5.35. The molecule has 0 aromatic heterocycles. The van der Waals surface area contributed by atoms with Gasteiger partial charge in [0.2, 0.25) is 0 Å². The molecule has 6 aliphatic rings. The second-order valence-corrected chi connectivity index (χ2v) is 17.9. The molecule has 9 nitrogen and oxygen atoms in total. The van der Waals surface area contributed by atoms with Gasteiger partial charge in [-0.15, -0.1) is 0 Å². The van der Waals surface area contributed by atoms with Crippen LogP contribution < -0.4 is 0 Å².